The lowest BCUT2D eigenvalue weighted by atomic mass is 9.84. The number of unbranched alkanes of at least 4 members (excludes halogenated alkanes) is 23. The molecular formula is C37H76N2. The predicted octanol–water partition coefficient (Wildman–Crippen LogP) is 12.2. The Hall–Kier alpha value is -0.340. The minimum atomic E-state index is 0.859. The van der Waals surface area contributed by atoms with Gasteiger partial charge in [0.25, 0.3) is 0 Å². The maximum atomic E-state index is 5.66. The average Bonchev–Trinajstić information content (AvgIpc) is 2.95. The summed E-state index contributed by atoms with van der Waals surface area (Å²) in [7, 11) is 0. The van der Waals surface area contributed by atoms with Gasteiger partial charge < -0.3 is 11.5 Å². The number of hydrogen-bond donors (Lipinski definition) is 2. The van der Waals surface area contributed by atoms with Gasteiger partial charge in [-0.1, -0.05) is 167 Å². The summed E-state index contributed by atoms with van der Waals surface area (Å²) in [5.74, 6) is 0.859. The zero-order chi connectivity index (χ0) is 28.5. The molecule has 1 unspecified atom stereocenters. The van der Waals surface area contributed by atoms with Gasteiger partial charge in [0.1, 0.15) is 0 Å². The Bertz CT molecular complexity index is 472. The molecule has 0 amide bonds. The van der Waals surface area contributed by atoms with E-state index >= 15 is 0 Å². The molecule has 0 radical (unpaired) electrons. The second kappa shape index (κ2) is 33.9. The van der Waals surface area contributed by atoms with Gasteiger partial charge in [-0.2, -0.15) is 0 Å². The fraction of sp³-hybridized carbons (Fsp3) is 0.946. The molecular weight excluding hydrogens is 472 g/mol. The summed E-state index contributed by atoms with van der Waals surface area (Å²) in [5, 5.41) is 0. The van der Waals surface area contributed by atoms with Crippen molar-refractivity contribution in [2.24, 2.45) is 17.4 Å². The normalized spacial score (nSPS) is 12.9. The van der Waals surface area contributed by atoms with E-state index in [-0.39, 0.29) is 0 Å². The zero-order valence-corrected chi connectivity index (χ0v) is 27.4. The van der Waals surface area contributed by atoms with E-state index in [0.717, 1.165) is 19.0 Å². The smallest absolute Gasteiger partial charge is 0.00773 e. The Labute approximate surface area is 248 Å². The van der Waals surface area contributed by atoms with Crippen LogP contribution in [0.2, 0.25) is 0 Å². The number of rotatable bonds is 33. The van der Waals surface area contributed by atoms with Crippen molar-refractivity contribution in [2.75, 3.05) is 13.1 Å². The van der Waals surface area contributed by atoms with Gasteiger partial charge in [-0.05, 0) is 70.4 Å². The monoisotopic (exact) mass is 549 g/mol. The first-order chi connectivity index (χ1) is 19.3. The van der Waals surface area contributed by atoms with Crippen molar-refractivity contribution < 1.29 is 0 Å². The van der Waals surface area contributed by atoms with Crippen molar-refractivity contribution >= 4 is 0 Å². The Morgan fingerprint density at radius 2 is 0.795 bits per heavy atom. The largest absolute Gasteiger partial charge is 0.330 e. The highest BCUT2D eigenvalue weighted by molar-refractivity contribution is 5.07. The lowest BCUT2D eigenvalue weighted by Crippen LogP contribution is -2.06. The summed E-state index contributed by atoms with van der Waals surface area (Å²) in [6, 6.07) is 0. The van der Waals surface area contributed by atoms with Gasteiger partial charge in [-0.15, -0.1) is 0 Å². The third-order valence-corrected chi connectivity index (χ3v) is 8.82. The highest BCUT2D eigenvalue weighted by atomic mass is 14.5. The van der Waals surface area contributed by atoms with Crippen LogP contribution in [0.1, 0.15) is 206 Å². The van der Waals surface area contributed by atoms with E-state index in [1.54, 1.807) is 0 Å². The number of nitrogens with two attached hydrogens (primary N) is 2. The molecule has 1 atom stereocenters. The fourth-order valence-electron chi connectivity index (χ4n) is 6.15. The third-order valence-electron chi connectivity index (χ3n) is 8.82. The summed E-state index contributed by atoms with van der Waals surface area (Å²) in [4.78, 5) is 0. The van der Waals surface area contributed by atoms with Crippen LogP contribution in [0.15, 0.2) is 11.6 Å². The van der Waals surface area contributed by atoms with E-state index in [2.05, 4.69) is 19.9 Å². The molecule has 0 saturated heterocycles. The van der Waals surface area contributed by atoms with Gasteiger partial charge >= 0.3 is 0 Å². The highest BCUT2D eigenvalue weighted by Crippen LogP contribution is 2.30. The summed E-state index contributed by atoms with van der Waals surface area (Å²) >= 11 is 0. The van der Waals surface area contributed by atoms with Gasteiger partial charge in [0.15, 0.2) is 0 Å². The Morgan fingerprint density at radius 3 is 1.23 bits per heavy atom. The molecule has 2 heteroatoms. The van der Waals surface area contributed by atoms with Gasteiger partial charge in [-0.3, -0.25) is 0 Å². The molecule has 2 nitrogen and oxygen atoms in total. The minimum Gasteiger partial charge on any atom is -0.330 e. The highest BCUT2D eigenvalue weighted by Gasteiger charge is 2.14. The third kappa shape index (κ3) is 29.0. The second-order valence-corrected chi connectivity index (χ2v) is 12.7. The van der Waals surface area contributed by atoms with E-state index in [1.807, 2.05) is 5.57 Å². The van der Waals surface area contributed by atoms with Gasteiger partial charge in [-0.25, -0.2) is 0 Å². The van der Waals surface area contributed by atoms with E-state index < -0.39 is 0 Å². The zero-order valence-electron chi connectivity index (χ0n) is 27.4. The van der Waals surface area contributed by atoms with E-state index in [1.165, 1.54) is 193 Å². The topological polar surface area (TPSA) is 52.0 Å². The summed E-state index contributed by atoms with van der Waals surface area (Å²) in [6.45, 7) is 6.37. The molecule has 0 aromatic carbocycles. The molecule has 0 saturated carbocycles. The first-order valence-corrected chi connectivity index (χ1v) is 18.4. The van der Waals surface area contributed by atoms with Crippen LogP contribution in [-0.2, 0) is 0 Å². The van der Waals surface area contributed by atoms with Crippen LogP contribution in [-0.4, -0.2) is 13.1 Å². The summed E-state index contributed by atoms with van der Waals surface area (Å²) < 4.78 is 0. The average molecular weight is 549 g/mol. The maximum Gasteiger partial charge on any atom is -0.00773 e. The molecule has 0 rings (SSSR count). The van der Waals surface area contributed by atoms with Crippen LogP contribution < -0.4 is 11.5 Å². The van der Waals surface area contributed by atoms with Crippen molar-refractivity contribution in [1.29, 1.82) is 0 Å². The maximum absolute atomic E-state index is 5.66. The Morgan fingerprint density at radius 1 is 0.436 bits per heavy atom. The quantitative estimate of drug-likeness (QED) is 0.0632. The lowest BCUT2D eigenvalue weighted by Gasteiger charge is -2.22. The minimum absolute atomic E-state index is 0.859. The van der Waals surface area contributed by atoms with Crippen LogP contribution >= 0.6 is 0 Å². The second-order valence-electron chi connectivity index (χ2n) is 12.7. The number of hydrogen-bond acceptors (Lipinski definition) is 2. The van der Waals surface area contributed by atoms with E-state index in [9.17, 15) is 0 Å². The van der Waals surface area contributed by atoms with Gasteiger partial charge in [0.2, 0.25) is 0 Å². The molecule has 0 bridgehead atoms. The van der Waals surface area contributed by atoms with E-state index in [0.29, 0.717) is 0 Å². The molecule has 0 spiro atoms. The summed E-state index contributed by atoms with van der Waals surface area (Å²) in [5.41, 5.74) is 13.2. The summed E-state index contributed by atoms with van der Waals surface area (Å²) in [6.07, 6.45) is 44.6. The Balaban J connectivity index is 4.81. The molecule has 0 aromatic heterocycles. The molecule has 234 valence electrons. The van der Waals surface area contributed by atoms with Crippen LogP contribution in [0.4, 0.5) is 0 Å². The van der Waals surface area contributed by atoms with Gasteiger partial charge in [0, 0.05) is 0 Å². The van der Waals surface area contributed by atoms with Crippen LogP contribution in [0.5, 0.6) is 0 Å². The molecule has 4 N–H and O–H groups in total. The SMILES string of the molecule is CCCCCCCC/C=C(/CCCCCCCCCN)C(CCCCCCCC)CCCCCCCCCN. The van der Waals surface area contributed by atoms with Crippen molar-refractivity contribution in [2.45, 2.75) is 206 Å². The predicted molar refractivity (Wildman–Crippen MR) is 180 cm³/mol. The standard InChI is InChI=1S/C37H76N2/c1-3-5-7-9-13-19-25-31-37(33-27-21-15-12-17-23-29-35-39)36(30-24-18-10-8-6-4-2)32-26-20-14-11-16-22-28-34-38/h31,36H,3-30,32-35,38-39H2,1-2H3/b37-31-. The van der Waals surface area contributed by atoms with Crippen LogP contribution in [0.3, 0.4) is 0 Å². The van der Waals surface area contributed by atoms with Crippen molar-refractivity contribution in [1.82, 2.24) is 0 Å². The molecule has 0 aliphatic heterocycles. The molecule has 0 aromatic rings. The first-order valence-electron chi connectivity index (χ1n) is 18.4. The molecule has 39 heavy (non-hydrogen) atoms. The van der Waals surface area contributed by atoms with Crippen molar-refractivity contribution in [3.63, 3.8) is 0 Å². The Kier molecular flexibility index (Phi) is 33.6. The molecule has 0 aliphatic rings. The van der Waals surface area contributed by atoms with Crippen molar-refractivity contribution in [3.05, 3.63) is 11.6 Å². The number of allylic oxidation sites excluding steroid dienone is 2. The first kappa shape index (κ1) is 38.7. The van der Waals surface area contributed by atoms with Gasteiger partial charge in [0.05, 0.1) is 0 Å². The molecule has 0 aliphatic carbocycles. The lowest BCUT2D eigenvalue weighted by molar-refractivity contribution is 0.433. The molecule has 0 heterocycles. The van der Waals surface area contributed by atoms with E-state index in [4.69, 9.17) is 11.5 Å². The van der Waals surface area contributed by atoms with Crippen molar-refractivity contribution in [3.8, 4) is 0 Å². The molecule has 0 fully saturated rings. The van der Waals surface area contributed by atoms with Crippen LogP contribution in [0, 0.1) is 5.92 Å². The van der Waals surface area contributed by atoms with Crippen LogP contribution in [0.25, 0.3) is 0 Å². The fourth-order valence-corrected chi connectivity index (χ4v) is 6.15.